The van der Waals surface area contributed by atoms with Crippen molar-refractivity contribution in [3.8, 4) is 12.1 Å². The lowest BCUT2D eigenvalue weighted by molar-refractivity contribution is -0.161. The molecule has 0 fully saturated rings. The summed E-state index contributed by atoms with van der Waals surface area (Å²) in [6.45, 7) is 3.52. The van der Waals surface area contributed by atoms with Gasteiger partial charge in [-0.3, -0.25) is 9.59 Å². The first kappa shape index (κ1) is 18.9. The number of carbonyl (C=O) groups excluding carboxylic acids is 2. The van der Waals surface area contributed by atoms with Gasteiger partial charge in [-0.05, 0) is 13.3 Å². The number of nitrogens with zero attached hydrogens (tertiary/aromatic N) is 2. The topological polar surface area (TPSA) is 120 Å². The molecule has 0 aliphatic rings. The monoisotopic (exact) mass is 296 g/mol. The van der Waals surface area contributed by atoms with Gasteiger partial charge in [-0.25, -0.2) is 0 Å². The van der Waals surface area contributed by atoms with Crippen LogP contribution in [-0.2, 0) is 19.1 Å². The van der Waals surface area contributed by atoms with Crippen LogP contribution in [0.15, 0.2) is 0 Å². The Morgan fingerprint density at radius 3 is 2.29 bits per heavy atom. The highest BCUT2D eigenvalue weighted by molar-refractivity contribution is 5.74. The molecule has 0 bridgehead atoms. The van der Waals surface area contributed by atoms with Crippen molar-refractivity contribution in [2.75, 3.05) is 6.61 Å². The first-order chi connectivity index (χ1) is 9.99. The van der Waals surface area contributed by atoms with Crippen LogP contribution in [0.5, 0.6) is 0 Å². The first-order valence-electron chi connectivity index (χ1n) is 6.78. The number of ether oxygens (including phenoxy) is 2. The molecule has 0 aliphatic heterocycles. The Balaban J connectivity index is 4.68. The van der Waals surface area contributed by atoms with Crippen molar-refractivity contribution in [1.29, 1.82) is 10.5 Å². The second-order valence-corrected chi connectivity index (χ2v) is 4.37. The van der Waals surface area contributed by atoms with E-state index in [1.54, 1.807) is 19.9 Å². The summed E-state index contributed by atoms with van der Waals surface area (Å²) in [5, 5.41) is 26.9. The Morgan fingerprint density at radius 2 is 1.81 bits per heavy atom. The van der Waals surface area contributed by atoms with E-state index >= 15 is 0 Å². The molecule has 0 saturated carbocycles. The maximum absolute atomic E-state index is 12.0. The third-order valence-electron chi connectivity index (χ3n) is 2.81. The maximum Gasteiger partial charge on any atom is 0.311 e. The molecule has 7 nitrogen and oxygen atoms in total. The van der Waals surface area contributed by atoms with Crippen molar-refractivity contribution >= 4 is 11.9 Å². The van der Waals surface area contributed by atoms with Gasteiger partial charge in [0.2, 0.25) is 0 Å². The smallest absolute Gasteiger partial charge is 0.311 e. The van der Waals surface area contributed by atoms with Crippen molar-refractivity contribution in [3.63, 3.8) is 0 Å². The van der Waals surface area contributed by atoms with E-state index in [1.807, 2.05) is 6.07 Å². The lowest BCUT2D eigenvalue weighted by Crippen LogP contribution is -2.33. The number of rotatable bonds is 9. The molecule has 0 aromatic rings. The Hall–Kier alpha value is -2.12. The second kappa shape index (κ2) is 10.6. The van der Waals surface area contributed by atoms with Crippen LogP contribution in [0.2, 0.25) is 0 Å². The van der Waals surface area contributed by atoms with Gasteiger partial charge in [-0.2, -0.15) is 10.5 Å². The molecule has 0 aromatic carbocycles. The first-order valence-corrected chi connectivity index (χ1v) is 6.78. The van der Waals surface area contributed by atoms with Gasteiger partial charge in [0.05, 0.1) is 50.0 Å². The molecule has 116 valence electrons. The predicted molar refractivity (Wildman–Crippen MR) is 71.4 cm³/mol. The summed E-state index contributed by atoms with van der Waals surface area (Å²) in [6, 6.07) is 3.61. The molecule has 0 radical (unpaired) electrons. The zero-order chi connectivity index (χ0) is 16.3. The minimum atomic E-state index is -1.13. The standard InChI is InChI=1S/C14H20N2O5/c1-3-11(12(17)6-8-16)14(19)21-10(5-7-15)9-13(18)20-4-2/h10-12,17H,3-6,9H2,1-2H3/t10-,11?,12-/m1/s1. The van der Waals surface area contributed by atoms with Crippen molar-refractivity contribution in [1.82, 2.24) is 0 Å². The number of nitriles is 2. The molecule has 0 aromatic heterocycles. The average molecular weight is 296 g/mol. The molecule has 0 aliphatic carbocycles. The van der Waals surface area contributed by atoms with Crippen LogP contribution < -0.4 is 0 Å². The van der Waals surface area contributed by atoms with E-state index in [2.05, 4.69) is 0 Å². The van der Waals surface area contributed by atoms with Crippen LogP contribution in [0.1, 0.15) is 39.5 Å². The van der Waals surface area contributed by atoms with Crippen molar-refractivity contribution in [2.24, 2.45) is 5.92 Å². The summed E-state index contributed by atoms with van der Waals surface area (Å²) in [6.07, 6.45) is -2.29. The summed E-state index contributed by atoms with van der Waals surface area (Å²) < 4.78 is 9.84. The fourth-order valence-electron chi connectivity index (χ4n) is 1.75. The number of carbonyl (C=O) groups is 2. The molecule has 0 saturated heterocycles. The SMILES string of the molecule is CCOC(=O)C[C@@H](CC#N)OC(=O)C(CC)[C@H](O)CC#N. The summed E-state index contributed by atoms with van der Waals surface area (Å²) in [4.78, 5) is 23.3. The largest absolute Gasteiger partial charge is 0.466 e. The van der Waals surface area contributed by atoms with Crippen LogP contribution in [0.25, 0.3) is 0 Å². The van der Waals surface area contributed by atoms with Gasteiger partial charge in [-0.15, -0.1) is 0 Å². The zero-order valence-corrected chi connectivity index (χ0v) is 12.2. The Kier molecular flexibility index (Phi) is 9.57. The fourth-order valence-corrected chi connectivity index (χ4v) is 1.75. The number of hydrogen-bond acceptors (Lipinski definition) is 7. The molecule has 1 N–H and O–H groups in total. The summed E-state index contributed by atoms with van der Waals surface area (Å²) in [5.41, 5.74) is 0. The van der Waals surface area contributed by atoms with E-state index in [4.69, 9.17) is 20.0 Å². The molecule has 21 heavy (non-hydrogen) atoms. The van der Waals surface area contributed by atoms with Gasteiger partial charge >= 0.3 is 11.9 Å². The van der Waals surface area contributed by atoms with Crippen LogP contribution in [0.4, 0.5) is 0 Å². The van der Waals surface area contributed by atoms with E-state index < -0.39 is 30.1 Å². The van der Waals surface area contributed by atoms with Gasteiger partial charge in [0.1, 0.15) is 6.10 Å². The van der Waals surface area contributed by atoms with Gasteiger partial charge < -0.3 is 14.6 Å². The van der Waals surface area contributed by atoms with Gasteiger partial charge in [0, 0.05) is 0 Å². The zero-order valence-electron chi connectivity index (χ0n) is 12.2. The average Bonchev–Trinajstić information content (AvgIpc) is 2.40. The highest BCUT2D eigenvalue weighted by Gasteiger charge is 2.29. The Bertz CT molecular complexity index is 424. The minimum absolute atomic E-state index is 0.144. The van der Waals surface area contributed by atoms with E-state index in [0.29, 0.717) is 6.42 Å². The molecule has 3 atom stereocenters. The lowest BCUT2D eigenvalue weighted by atomic mass is 9.97. The highest BCUT2D eigenvalue weighted by atomic mass is 16.6. The van der Waals surface area contributed by atoms with Crippen LogP contribution in [-0.4, -0.2) is 35.9 Å². The lowest BCUT2D eigenvalue weighted by Gasteiger charge is -2.21. The fraction of sp³-hybridized carbons (Fsp3) is 0.714. The van der Waals surface area contributed by atoms with Gasteiger partial charge in [-0.1, -0.05) is 6.92 Å². The molecular weight excluding hydrogens is 276 g/mol. The van der Waals surface area contributed by atoms with E-state index in [0.717, 1.165) is 0 Å². The molecule has 0 rings (SSSR count). The molecule has 1 unspecified atom stereocenters. The predicted octanol–water partition coefficient (Wildman–Crippen LogP) is 1.07. The Morgan fingerprint density at radius 1 is 1.19 bits per heavy atom. The molecule has 0 spiro atoms. The van der Waals surface area contributed by atoms with Gasteiger partial charge in [0.25, 0.3) is 0 Å². The maximum atomic E-state index is 12.0. The van der Waals surface area contributed by atoms with Crippen LogP contribution >= 0.6 is 0 Å². The quantitative estimate of drug-likeness (QED) is 0.631. The van der Waals surface area contributed by atoms with E-state index in [-0.39, 0.29) is 25.9 Å². The molecule has 0 heterocycles. The summed E-state index contributed by atoms with van der Waals surface area (Å²) in [7, 11) is 0. The molecular formula is C14H20N2O5. The number of aliphatic hydroxyl groups is 1. The third kappa shape index (κ3) is 7.28. The molecule has 0 amide bonds. The van der Waals surface area contributed by atoms with Crippen molar-refractivity contribution < 1.29 is 24.2 Å². The van der Waals surface area contributed by atoms with Crippen LogP contribution in [0.3, 0.4) is 0 Å². The molecule has 7 heteroatoms. The number of esters is 2. The number of aliphatic hydroxyl groups excluding tert-OH is 1. The number of hydrogen-bond donors (Lipinski definition) is 1. The summed E-state index contributed by atoms with van der Waals surface area (Å²) >= 11 is 0. The highest BCUT2D eigenvalue weighted by Crippen LogP contribution is 2.17. The van der Waals surface area contributed by atoms with Crippen molar-refractivity contribution in [3.05, 3.63) is 0 Å². The van der Waals surface area contributed by atoms with E-state index in [1.165, 1.54) is 0 Å². The van der Waals surface area contributed by atoms with Crippen LogP contribution in [0, 0.1) is 28.6 Å². The summed E-state index contributed by atoms with van der Waals surface area (Å²) in [5.74, 6) is -2.13. The Labute approximate surface area is 124 Å². The van der Waals surface area contributed by atoms with E-state index in [9.17, 15) is 14.7 Å². The third-order valence-corrected chi connectivity index (χ3v) is 2.81. The normalized spacial score (nSPS) is 14.1. The second-order valence-electron chi connectivity index (χ2n) is 4.37. The van der Waals surface area contributed by atoms with Gasteiger partial charge in [0.15, 0.2) is 0 Å². The van der Waals surface area contributed by atoms with Crippen molar-refractivity contribution in [2.45, 2.75) is 51.7 Å². The minimum Gasteiger partial charge on any atom is -0.466 e.